The number of fused-ring (bicyclic) bond motifs is 1. The maximum atomic E-state index is 13.1. The van der Waals surface area contributed by atoms with Crippen molar-refractivity contribution >= 4 is 15.9 Å². The lowest BCUT2D eigenvalue weighted by Gasteiger charge is -2.44. The first-order valence-electron chi connectivity index (χ1n) is 11.0. The lowest BCUT2D eigenvalue weighted by Crippen LogP contribution is -2.64. The smallest absolute Gasteiger partial charge is 0.243 e. The van der Waals surface area contributed by atoms with Crippen LogP contribution in [-0.4, -0.2) is 57.1 Å². The van der Waals surface area contributed by atoms with Crippen molar-refractivity contribution in [3.63, 3.8) is 0 Å². The minimum absolute atomic E-state index is 0.258. The number of nitrogens with zero attached hydrogens (tertiary/aromatic N) is 2. The van der Waals surface area contributed by atoms with Crippen LogP contribution in [0, 0.1) is 6.92 Å². The van der Waals surface area contributed by atoms with E-state index in [-0.39, 0.29) is 12.3 Å². The fraction of sp³-hybridized carbons (Fsp3) is 0.435. The van der Waals surface area contributed by atoms with Gasteiger partial charge in [-0.15, -0.1) is 0 Å². The van der Waals surface area contributed by atoms with E-state index in [1.807, 2.05) is 37.3 Å². The van der Waals surface area contributed by atoms with E-state index in [0.717, 1.165) is 35.0 Å². The summed E-state index contributed by atoms with van der Waals surface area (Å²) in [6.45, 7) is 5.23. The van der Waals surface area contributed by atoms with Crippen molar-refractivity contribution in [1.82, 2.24) is 14.9 Å². The van der Waals surface area contributed by atoms with E-state index in [1.165, 1.54) is 0 Å². The maximum absolute atomic E-state index is 13.1. The predicted octanol–water partition coefficient (Wildman–Crippen LogP) is 2.04. The third-order valence-corrected chi connectivity index (χ3v) is 8.34. The van der Waals surface area contributed by atoms with Crippen LogP contribution in [0.15, 0.2) is 52.4 Å². The van der Waals surface area contributed by atoms with E-state index in [9.17, 15) is 8.42 Å². The van der Waals surface area contributed by atoms with Crippen molar-refractivity contribution in [2.45, 2.75) is 36.7 Å². The zero-order valence-corrected chi connectivity index (χ0v) is 19.0. The summed E-state index contributed by atoms with van der Waals surface area (Å²) in [5.41, 5.74) is 1.80. The van der Waals surface area contributed by atoms with Crippen LogP contribution in [0.3, 0.4) is 0 Å². The molecular weight excluding hydrogens is 428 g/mol. The third kappa shape index (κ3) is 3.96. The summed E-state index contributed by atoms with van der Waals surface area (Å²) >= 11 is 0. The Bertz CT molecular complexity index is 1120. The van der Waals surface area contributed by atoms with Crippen molar-refractivity contribution in [2.75, 3.05) is 33.0 Å². The Morgan fingerprint density at radius 2 is 1.84 bits per heavy atom. The van der Waals surface area contributed by atoms with Crippen LogP contribution in [0.2, 0.25) is 0 Å². The normalized spacial score (nSPS) is 20.2. The van der Waals surface area contributed by atoms with E-state index >= 15 is 0 Å². The number of sulfonamides is 1. The minimum Gasteiger partial charge on any atom is -0.454 e. The Labute approximate surface area is 188 Å². The van der Waals surface area contributed by atoms with Gasteiger partial charge in [0.2, 0.25) is 16.8 Å². The maximum Gasteiger partial charge on any atom is 0.243 e. The number of amidine groups is 1. The minimum atomic E-state index is -3.49. The highest BCUT2D eigenvalue weighted by Crippen LogP contribution is 2.33. The molecule has 2 aromatic carbocycles. The Kier molecular flexibility index (Phi) is 5.56. The summed E-state index contributed by atoms with van der Waals surface area (Å²) in [6.07, 6.45) is 1.34. The zero-order chi connectivity index (χ0) is 22.2. The summed E-state index contributed by atoms with van der Waals surface area (Å²) in [5, 5.41) is 7.13. The summed E-state index contributed by atoms with van der Waals surface area (Å²) in [7, 11) is -3.49. The quantitative estimate of drug-likeness (QED) is 0.732. The number of benzene rings is 2. The van der Waals surface area contributed by atoms with Gasteiger partial charge in [0.1, 0.15) is 5.84 Å². The molecule has 0 saturated carbocycles. The Morgan fingerprint density at radius 1 is 1.09 bits per heavy atom. The van der Waals surface area contributed by atoms with Gasteiger partial charge in [0.05, 0.1) is 17.0 Å². The molecule has 0 bridgehead atoms. The van der Waals surface area contributed by atoms with E-state index < -0.39 is 10.0 Å². The molecule has 0 aromatic heterocycles. The highest BCUT2D eigenvalue weighted by Gasteiger charge is 2.43. The Morgan fingerprint density at radius 3 is 2.62 bits per heavy atom. The number of rotatable bonds is 4. The molecule has 5 rings (SSSR count). The van der Waals surface area contributed by atoms with Crippen molar-refractivity contribution < 1.29 is 17.9 Å². The molecule has 8 nitrogen and oxygen atoms in total. The van der Waals surface area contributed by atoms with Crippen LogP contribution in [0.1, 0.15) is 24.0 Å². The third-order valence-electron chi connectivity index (χ3n) is 6.43. The average molecular weight is 457 g/mol. The molecule has 3 aliphatic heterocycles. The van der Waals surface area contributed by atoms with Crippen LogP contribution in [0.5, 0.6) is 11.5 Å². The molecule has 9 heteroatoms. The molecule has 1 saturated heterocycles. The topological polar surface area (TPSA) is 92.3 Å². The number of hydrogen-bond acceptors (Lipinski definition) is 7. The van der Waals surface area contributed by atoms with Gasteiger partial charge in [-0.05, 0) is 49.6 Å². The van der Waals surface area contributed by atoms with E-state index in [2.05, 4.69) is 10.6 Å². The number of piperidine rings is 1. The first-order chi connectivity index (χ1) is 15.5. The van der Waals surface area contributed by atoms with Crippen LogP contribution in [-0.2, 0) is 16.6 Å². The number of aryl methyl sites for hydroxylation is 1. The SMILES string of the molecule is Cc1ccc(S(=O)(=O)N2CCC3(CC2)NCCN=C3NCc2ccc3c(c2)OCO3)cc1. The summed E-state index contributed by atoms with van der Waals surface area (Å²) < 4.78 is 38.6. The molecule has 0 atom stereocenters. The van der Waals surface area contributed by atoms with Crippen LogP contribution in [0.4, 0.5) is 0 Å². The summed E-state index contributed by atoms with van der Waals surface area (Å²) in [5.74, 6) is 2.44. The lowest BCUT2D eigenvalue weighted by atomic mass is 9.85. The molecule has 170 valence electrons. The van der Waals surface area contributed by atoms with Gasteiger partial charge in [0.25, 0.3) is 0 Å². The van der Waals surface area contributed by atoms with Crippen molar-refractivity contribution in [2.24, 2.45) is 4.99 Å². The van der Waals surface area contributed by atoms with Gasteiger partial charge in [-0.1, -0.05) is 23.8 Å². The highest BCUT2D eigenvalue weighted by molar-refractivity contribution is 7.89. The molecule has 3 aliphatic rings. The highest BCUT2D eigenvalue weighted by atomic mass is 32.2. The van der Waals surface area contributed by atoms with E-state index in [1.54, 1.807) is 16.4 Å². The van der Waals surface area contributed by atoms with Gasteiger partial charge in [0, 0.05) is 26.2 Å². The van der Waals surface area contributed by atoms with Crippen LogP contribution < -0.4 is 20.1 Å². The van der Waals surface area contributed by atoms with Crippen molar-refractivity contribution in [3.8, 4) is 11.5 Å². The molecule has 32 heavy (non-hydrogen) atoms. The van der Waals surface area contributed by atoms with Crippen molar-refractivity contribution in [3.05, 3.63) is 53.6 Å². The molecule has 0 radical (unpaired) electrons. The first kappa shape index (κ1) is 21.2. The predicted molar refractivity (Wildman–Crippen MR) is 122 cm³/mol. The van der Waals surface area contributed by atoms with E-state index in [4.69, 9.17) is 14.5 Å². The second kappa shape index (κ2) is 8.38. The van der Waals surface area contributed by atoms with Gasteiger partial charge in [-0.25, -0.2) is 8.42 Å². The Hall–Kier alpha value is -2.62. The molecule has 2 N–H and O–H groups in total. The first-order valence-corrected chi connectivity index (χ1v) is 12.4. The summed E-state index contributed by atoms with van der Waals surface area (Å²) in [6, 6.07) is 13.0. The standard InChI is InChI=1S/C23H28N4O4S/c1-17-2-5-19(6-3-17)32(28,29)27-12-8-23(9-13-27)22(24-10-11-26-23)25-15-18-4-7-20-21(14-18)31-16-30-20/h2-7,14,26H,8-13,15-16H2,1H3,(H,24,25). The molecule has 0 unspecified atom stereocenters. The summed E-state index contributed by atoms with van der Waals surface area (Å²) in [4.78, 5) is 5.12. The molecule has 3 heterocycles. The molecule has 0 aliphatic carbocycles. The molecular formula is C23H28N4O4S. The molecule has 1 fully saturated rings. The fourth-order valence-electron chi connectivity index (χ4n) is 4.54. The zero-order valence-electron chi connectivity index (χ0n) is 18.1. The molecule has 0 amide bonds. The van der Waals surface area contributed by atoms with Gasteiger partial charge in [-0.3, -0.25) is 4.99 Å². The largest absolute Gasteiger partial charge is 0.454 e. The lowest BCUT2D eigenvalue weighted by molar-refractivity contribution is 0.174. The molecule has 1 spiro atoms. The molecule has 2 aromatic rings. The van der Waals surface area contributed by atoms with Gasteiger partial charge in [-0.2, -0.15) is 4.31 Å². The van der Waals surface area contributed by atoms with Gasteiger partial charge in [0.15, 0.2) is 11.5 Å². The van der Waals surface area contributed by atoms with E-state index in [0.29, 0.717) is 43.9 Å². The fourth-order valence-corrected chi connectivity index (χ4v) is 5.98. The van der Waals surface area contributed by atoms with Gasteiger partial charge < -0.3 is 20.1 Å². The Balaban J connectivity index is 1.27. The second-order valence-electron chi connectivity index (χ2n) is 8.50. The van der Waals surface area contributed by atoms with Crippen molar-refractivity contribution in [1.29, 1.82) is 0 Å². The van der Waals surface area contributed by atoms with Gasteiger partial charge >= 0.3 is 0 Å². The number of hydrogen-bond donors (Lipinski definition) is 2. The number of aliphatic imine (C=N–C) groups is 1. The number of nitrogens with one attached hydrogen (secondary N) is 2. The second-order valence-corrected chi connectivity index (χ2v) is 10.4. The van der Waals surface area contributed by atoms with Crippen LogP contribution in [0.25, 0.3) is 0 Å². The monoisotopic (exact) mass is 456 g/mol. The average Bonchev–Trinajstić information content (AvgIpc) is 3.27. The van der Waals surface area contributed by atoms with Crippen LogP contribution >= 0.6 is 0 Å². The number of ether oxygens (including phenoxy) is 2.